The van der Waals surface area contributed by atoms with Gasteiger partial charge in [-0.05, 0) is 48.2 Å². The van der Waals surface area contributed by atoms with Gasteiger partial charge in [-0.15, -0.1) is 0 Å². The van der Waals surface area contributed by atoms with Gasteiger partial charge in [-0.25, -0.2) is 0 Å². The maximum Gasteiger partial charge on any atom is 0.313 e. The lowest BCUT2D eigenvalue weighted by molar-refractivity contribution is -0.145. The van der Waals surface area contributed by atoms with Crippen molar-refractivity contribution in [3.05, 3.63) is 41.8 Å². The molecule has 0 saturated carbocycles. The van der Waals surface area contributed by atoms with Crippen LogP contribution in [0.5, 0.6) is 5.75 Å². The van der Waals surface area contributed by atoms with Gasteiger partial charge in [-0.3, -0.25) is 4.79 Å². The summed E-state index contributed by atoms with van der Waals surface area (Å²) in [7, 11) is 2.83. The summed E-state index contributed by atoms with van der Waals surface area (Å²) >= 11 is 0. The fourth-order valence-corrected chi connectivity index (χ4v) is 1.95. The van der Waals surface area contributed by atoms with Crippen molar-refractivity contribution in [2.75, 3.05) is 27.4 Å². The van der Waals surface area contributed by atoms with Crippen LogP contribution < -0.4 is 4.74 Å². The molecule has 0 fully saturated rings. The van der Waals surface area contributed by atoms with Crippen LogP contribution in [-0.2, 0) is 14.3 Å². The predicted molar refractivity (Wildman–Crippen MR) is 91.0 cm³/mol. The van der Waals surface area contributed by atoms with Crippen molar-refractivity contribution in [1.82, 2.24) is 0 Å². The molecule has 2 aromatic rings. The zero-order chi connectivity index (χ0) is 21.9. The minimum atomic E-state index is -1.00. The van der Waals surface area contributed by atoms with E-state index in [0.29, 0.717) is 13.0 Å². The predicted octanol–water partition coefficient (Wildman–Crippen LogP) is 3.92. The van der Waals surface area contributed by atoms with Crippen molar-refractivity contribution in [2.24, 2.45) is 0 Å². The van der Waals surface area contributed by atoms with Crippen LogP contribution in [0.15, 0.2) is 36.3 Å². The quantitative estimate of drug-likeness (QED) is 0.546. The minimum absolute atomic E-state index is 0.0538. The fraction of sp³-hybridized carbons (Fsp3) is 0.421. The van der Waals surface area contributed by atoms with Gasteiger partial charge < -0.3 is 14.2 Å². The van der Waals surface area contributed by atoms with E-state index in [1.807, 2.05) is 0 Å². The third kappa shape index (κ3) is 4.70. The molecule has 0 N–H and O–H groups in total. The first-order chi connectivity index (χ1) is 13.7. The van der Waals surface area contributed by atoms with E-state index in [0.717, 1.165) is 6.42 Å². The Morgan fingerprint density at radius 3 is 2.52 bits per heavy atom. The topological polar surface area (TPSA) is 44.8 Å². The van der Waals surface area contributed by atoms with E-state index in [9.17, 15) is 4.79 Å². The molecule has 2 aromatic carbocycles. The first-order valence-corrected chi connectivity index (χ1v) is 7.41. The monoisotopic (exact) mass is 322 g/mol. The number of carbonyl (C=O) groups excluding carboxylic acids is 1. The number of unbranched alkanes of at least 4 members (excludes halogenated alkanes) is 1. The number of rotatable bonds is 8. The number of ether oxygens (including phenoxy) is 3. The molecule has 1 atom stereocenters. The Hall–Kier alpha value is -2.07. The van der Waals surface area contributed by atoms with Crippen LogP contribution in [0.3, 0.4) is 0 Å². The summed E-state index contributed by atoms with van der Waals surface area (Å²) in [6.07, 6.45) is 1.33. The summed E-state index contributed by atoms with van der Waals surface area (Å²) < 4.78 is 64.7. The van der Waals surface area contributed by atoms with Gasteiger partial charge in [0.05, 0.1) is 27.9 Å². The van der Waals surface area contributed by atoms with E-state index in [1.54, 1.807) is 7.11 Å². The van der Waals surface area contributed by atoms with E-state index in [1.165, 1.54) is 14.0 Å². The Bertz CT molecular complexity index is 932. The lowest BCUT2D eigenvalue weighted by atomic mass is 9.98. The van der Waals surface area contributed by atoms with Crippen molar-refractivity contribution in [1.29, 1.82) is 0 Å². The van der Waals surface area contributed by atoms with Crippen molar-refractivity contribution in [3.8, 4) is 5.75 Å². The molecule has 0 bridgehead atoms. The number of fused-ring (bicyclic) bond motifs is 1. The first kappa shape index (κ1) is 10.7. The van der Waals surface area contributed by atoms with Gasteiger partial charge in [-0.2, -0.15) is 0 Å². The van der Waals surface area contributed by atoms with Crippen LogP contribution in [0.1, 0.15) is 39.5 Å². The van der Waals surface area contributed by atoms with Crippen molar-refractivity contribution in [3.63, 3.8) is 0 Å². The molecule has 2 rings (SSSR count). The van der Waals surface area contributed by atoms with Gasteiger partial charge in [0.2, 0.25) is 0 Å². The van der Waals surface area contributed by atoms with Crippen molar-refractivity contribution >= 4 is 16.7 Å². The van der Waals surface area contributed by atoms with Gasteiger partial charge in [0.1, 0.15) is 5.75 Å². The molecule has 0 aliphatic carbocycles. The Balaban J connectivity index is 2.53. The third-order valence-electron chi connectivity index (χ3n) is 3.35. The van der Waals surface area contributed by atoms with Crippen LogP contribution >= 0.6 is 0 Å². The standard InChI is InChI=1S/C19H24O4/c1-14(19(20)23-11-5-4-10-21-2)15-6-7-17-13-18(22-3)9-8-16(17)12-15/h6-9,12-14H,4-5,10-11H2,1-3H3/t14-/m0/s1/i6D,7D,8D,9D,12D,13D. The zero-order valence-corrected chi connectivity index (χ0v) is 13.5. The van der Waals surface area contributed by atoms with Gasteiger partial charge in [0.15, 0.2) is 0 Å². The number of esters is 1. The lowest BCUT2D eigenvalue weighted by Crippen LogP contribution is -2.14. The smallest absolute Gasteiger partial charge is 0.313 e. The van der Waals surface area contributed by atoms with E-state index >= 15 is 0 Å². The SMILES string of the molecule is [2H]c1c([C@H](C)C(=O)OCCCCOC)c([2H])c2c([2H])c([2H])c(OC)c([2H])c2c1[2H]. The average molecular weight is 322 g/mol. The summed E-state index contributed by atoms with van der Waals surface area (Å²) in [5, 5.41) is -0.224. The van der Waals surface area contributed by atoms with Gasteiger partial charge >= 0.3 is 5.97 Å². The molecule has 0 aromatic heterocycles. The highest BCUT2D eigenvalue weighted by atomic mass is 16.5. The van der Waals surface area contributed by atoms with Crippen LogP contribution in [0.4, 0.5) is 0 Å². The average Bonchev–Trinajstić information content (AvgIpc) is 2.69. The molecule has 0 radical (unpaired) electrons. The second-order valence-corrected chi connectivity index (χ2v) is 5.04. The maximum atomic E-state index is 12.4. The Labute approximate surface area is 145 Å². The molecule has 0 spiro atoms. The summed E-state index contributed by atoms with van der Waals surface area (Å²) in [6, 6.07) is -2.17. The summed E-state index contributed by atoms with van der Waals surface area (Å²) in [6.45, 7) is 2.20. The summed E-state index contributed by atoms with van der Waals surface area (Å²) in [4.78, 5) is 12.4. The van der Waals surface area contributed by atoms with Crippen LogP contribution in [0, 0.1) is 0 Å². The third-order valence-corrected chi connectivity index (χ3v) is 3.35. The lowest BCUT2D eigenvalue weighted by Gasteiger charge is -2.13. The fourth-order valence-electron chi connectivity index (χ4n) is 1.95. The molecular weight excluding hydrogens is 292 g/mol. The number of carbonyl (C=O) groups is 1. The molecule has 0 saturated heterocycles. The normalized spacial score (nSPS) is 15.8. The highest BCUT2D eigenvalue weighted by molar-refractivity contribution is 5.86. The Morgan fingerprint density at radius 1 is 1.09 bits per heavy atom. The first-order valence-electron chi connectivity index (χ1n) is 10.4. The van der Waals surface area contributed by atoms with Crippen molar-refractivity contribution < 1.29 is 27.2 Å². The molecule has 4 heteroatoms. The molecule has 0 aliphatic heterocycles. The largest absolute Gasteiger partial charge is 0.497 e. The highest BCUT2D eigenvalue weighted by Crippen LogP contribution is 2.25. The second-order valence-electron chi connectivity index (χ2n) is 5.04. The van der Waals surface area contributed by atoms with E-state index < -0.39 is 11.9 Å². The molecule has 0 amide bonds. The Morgan fingerprint density at radius 2 is 1.78 bits per heavy atom. The molecule has 0 aliphatic rings. The molecule has 4 nitrogen and oxygen atoms in total. The zero-order valence-electron chi connectivity index (χ0n) is 19.5. The van der Waals surface area contributed by atoms with E-state index in [-0.39, 0.29) is 64.9 Å². The van der Waals surface area contributed by atoms with Crippen molar-refractivity contribution in [2.45, 2.75) is 25.7 Å². The van der Waals surface area contributed by atoms with Gasteiger partial charge in [0.25, 0.3) is 0 Å². The van der Waals surface area contributed by atoms with Gasteiger partial charge in [0, 0.05) is 13.7 Å². The molecule has 124 valence electrons. The number of hydrogen-bond acceptors (Lipinski definition) is 4. The number of benzene rings is 2. The molecule has 0 unspecified atom stereocenters. The number of methoxy groups -OCH3 is 2. The van der Waals surface area contributed by atoms with Crippen LogP contribution in [0.25, 0.3) is 10.8 Å². The van der Waals surface area contributed by atoms with Crippen LogP contribution in [0.2, 0.25) is 0 Å². The van der Waals surface area contributed by atoms with E-state index in [2.05, 4.69) is 0 Å². The van der Waals surface area contributed by atoms with Gasteiger partial charge in [-0.1, -0.05) is 24.2 Å². The van der Waals surface area contributed by atoms with E-state index in [4.69, 9.17) is 22.4 Å². The second kappa shape index (κ2) is 8.53. The molecule has 23 heavy (non-hydrogen) atoms. The van der Waals surface area contributed by atoms with Crippen LogP contribution in [-0.4, -0.2) is 33.4 Å². The molecule has 0 heterocycles. The summed E-state index contributed by atoms with van der Waals surface area (Å²) in [5.74, 6) is -1.83. The molecular formula is C19H24O4. The minimum Gasteiger partial charge on any atom is -0.497 e. The Kier molecular flexibility index (Phi) is 3.95. The number of hydrogen-bond donors (Lipinski definition) is 0. The summed E-state index contributed by atoms with van der Waals surface area (Å²) in [5.41, 5.74) is -0.0538. The highest BCUT2D eigenvalue weighted by Gasteiger charge is 2.17. The maximum absolute atomic E-state index is 12.4.